The van der Waals surface area contributed by atoms with Crippen molar-refractivity contribution in [1.29, 1.82) is 0 Å². The van der Waals surface area contributed by atoms with E-state index in [0.717, 1.165) is 12.1 Å². The third kappa shape index (κ3) is 6.01. The lowest BCUT2D eigenvalue weighted by atomic mass is 9.97. The van der Waals surface area contributed by atoms with Gasteiger partial charge in [0, 0.05) is 13.1 Å². The highest BCUT2D eigenvalue weighted by molar-refractivity contribution is 7.89. The molecule has 2 aliphatic heterocycles. The van der Waals surface area contributed by atoms with Crippen LogP contribution in [0.3, 0.4) is 0 Å². The number of halogens is 3. The summed E-state index contributed by atoms with van der Waals surface area (Å²) < 4.78 is 73.8. The van der Waals surface area contributed by atoms with Gasteiger partial charge < -0.3 is 14.6 Å². The average molecular weight is 466 g/mol. The highest BCUT2D eigenvalue weighted by atomic mass is 32.2. The van der Waals surface area contributed by atoms with Crippen molar-refractivity contribution in [2.45, 2.75) is 43.5 Å². The predicted octanol–water partition coefficient (Wildman–Crippen LogP) is 2.51. The molecular formula is C19H25F3N2O6S. The van der Waals surface area contributed by atoms with Crippen LogP contribution in [0.2, 0.25) is 0 Å². The van der Waals surface area contributed by atoms with Crippen molar-refractivity contribution in [2.24, 2.45) is 5.92 Å². The fourth-order valence-corrected chi connectivity index (χ4v) is 6.01. The zero-order valence-corrected chi connectivity index (χ0v) is 17.7. The minimum absolute atomic E-state index is 0.0525. The highest BCUT2D eigenvalue weighted by Crippen LogP contribution is 2.30. The Labute approximate surface area is 178 Å². The van der Waals surface area contributed by atoms with Crippen LogP contribution < -0.4 is 9.47 Å². The van der Waals surface area contributed by atoms with Gasteiger partial charge in [-0.2, -0.15) is 0 Å². The van der Waals surface area contributed by atoms with E-state index in [0.29, 0.717) is 31.6 Å². The summed E-state index contributed by atoms with van der Waals surface area (Å²) in [6.07, 6.45) is -3.75. The molecule has 0 aromatic heterocycles. The zero-order chi connectivity index (χ0) is 22.8. The van der Waals surface area contributed by atoms with Crippen LogP contribution in [-0.2, 0) is 14.8 Å². The van der Waals surface area contributed by atoms with E-state index >= 15 is 0 Å². The Morgan fingerprint density at radius 2 is 1.65 bits per heavy atom. The molecule has 0 aliphatic carbocycles. The Balaban J connectivity index is 1.55. The normalized spacial score (nSPS) is 24.6. The second-order valence-corrected chi connectivity index (χ2v) is 9.87. The number of carbonyl (C=O) groups is 1. The number of likely N-dealkylation sites (tertiary alicyclic amines) is 1. The van der Waals surface area contributed by atoms with E-state index in [2.05, 4.69) is 4.74 Å². The Morgan fingerprint density at radius 3 is 2.19 bits per heavy atom. The third-order valence-electron chi connectivity index (χ3n) is 5.62. The molecular weight excluding hydrogens is 441 g/mol. The number of sulfonamides is 1. The molecule has 2 heterocycles. The number of benzene rings is 1. The van der Waals surface area contributed by atoms with Crippen molar-refractivity contribution in [3.63, 3.8) is 0 Å². The SMILES string of the molecule is CN1CCC(C(=O)O)CC1S(=O)(=O)N1CCC(Oc2ccc(OC(F)(F)F)cc2)CC1. The Morgan fingerprint density at radius 1 is 1.06 bits per heavy atom. The maximum Gasteiger partial charge on any atom is 0.573 e. The number of carboxylic acids is 1. The zero-order valence-electron chi connectivity index (χ0n) is 16.9. The van der Waals surface area contributed by atoms with E-state index in [1.54, 1.807) is 11.9 Å². The second-order valence-electron chi connectivity index (χ2n) is 7.78. The molecule has 1 aromatic carbocycles. The van der Waals surface area contributed by atoms with Crippen molar-refractivity contribution in [2.75, 3.05) is 26.7 Å². The van der Waals surface area contributed by atoms with E-state index in [9.17, 15) is 31.5 Å². The number of alkyl halides is 3. The van der Waals surface area contributed by atoms with E-state index in [1.807, 2.05) is 0 Å². The fraction of sp³-hybridized carbons (Fsp3) is 0.632. The van der Waals surface area contributed by atoms with Crippen molar-refractivity contribution in [3.8, 4) is 11.5 Å². The lowest BCUT2D eigenvalue weighted by Gasteiger charge is -2.39. The molecule has 12 heteroatoms. The number of carboxylic acid groups (broad SMARTS) is 1. The Bertz CT molecular complexity index is 870. The Kier molecular flexibility index (Phi) is 7.01. The van der Waals surface area contributed by atoms with Gasteiger partial charge in [0.05, 0.1) is 5.92 Å². The number of aliphatic carboxylic acids is 1. The molecule has 0 radical (unpaired) electrons. The largest absolute Gasteiger partial charge is 0.573 e. The molecule has 3 rings (SSSR count). The van der Waals surface area contributed by atoms with Gasteiger partial charge in [-0.3, -0.25) is 9.69 Å². The first-order valence-corrected chi connectivity index (χ1v) is 11.4. The molecule has 1 N–H and O–H groups in total. The van der Waals surface area contributed by atoms with Gasteiger partial charge in [-0.25, -0.2) is 12.7 Å². The van der Waals surface area contributed by atoms with Crippen LogP contribution >= 0.6 is 0 Å². The number of hydrogen-bond donors (Lipinski definition) is 1. The summed E-state index contributed by atoms with van der Waals surface area (Å²) in [7, 11) is -2.02. The summed E-state index contributed by atoms with van der Waals surface area (Å²) >= 11 is 0. The van der Waals surface area contributed by atoms with Gasteiger partial charge >= 0.3 is 12.3 Å². The molecule has 0 amide bonds. The molecule has 0 bridgehead atoms. The number of rotatable bonds is 6. The van der Waals surface area contributed by atoms with Gasteiger partial charge in [-0.05, 0) is 63.5 Å². The summed E-state index contributed by atoms with van der Waals surface area (Å²) in [5, 5.41) is 8.38. The predicted molar refractivity (Wildman–Crippen MR) is 104 cm³/mol. The van der Waals surface area contributed by atoms with Crippen LogP contribution in [0.1, 0.15) is 25.7 Å². The van der Waals surface area contributed by atoms with Crippen LogP contribution in [0.4, 0.5) is 13.2 Å². The quantitative estimate of drug-likeness (QED) is 0.688. The summed E-state index contributed by atoms with van der Waals surface area (Å²) in [6, 6.07) is 5.04. The molecule has 174 valence electrons. The molecule has 2 atom stereocenters. The lowest BCUT2D eigenvalue weighted by molar-refractivity contribution is -0.274. The smallest absolute Gasteiger partial charge is 0.490 e. The second kappa shape index (κ2) is 9.21. The number of hydrogen-bond acceptors (Lipinski definition) is 6. The van der Waals surface area contributed by atoms with Crippen LogP contribution in [-0.4, -0.2) is 73.2 Å². The van der Waals surface area contributed by atoms with Gasteiger partial charge in [-0.15, -0.1) is 13.2 Å². The van der Waals surface area contributed by atoms with Crippen molar-refractivity contribution >= 4 is 16.0 Å². The Hall–Kier alpha value is -2.05. The van der Waals surface area contributed by atoms with Gasteiger partial charge in [0.25, 0.3) is 0 Å². The van der Waals surface area contributed by atoms with Crippen molar-refractivity contribution in [1.82, 2.24) is 9.21 Å². The molecule has 2 fully saturated rings. The van der Waals surface area contributed by atoms with Crippen LogP contribution in [0, 0.1) is 5.92 Å². The third-order valence-corrected chi connectivity index (χ3v) is 7.95. The monoisotopic (exact) mass is 466 g/mol. The van der Waals surface area contributed by atoms with Gasteiger partial charge in [0.2, 0.25) is 10.0 Å². The summed E-state index contributed by atoms with van der Waals surface area (Å²) in [5.74, 6) is -1.64. The molecule has 2 aliphatic rings. The minimum atomic E-state index is -4.77. The molecule has 1 aromatic rings. The van der Waals surface area contributed by atoms with E-state index in [-0.39, 0.29) is 31.4 Å². The molecule has 8 nitrogen and oxygen atoms in total. The first-order chi connectivity index (χ1) is 14.5. The molecule has 31 heavy (non-hydrogen) atoms. The average Bonchev–Trinajstić information content (AvgIpc) is 2.69. The molecule has 0 saturated carbocycles. The molecule has 2 saturated heterocycles. The topological polar surface area (TPSA) is 96.4 Å². The highest BCUT2D eigenvalue weighted by Gasteiger charge is 2.42. The van der Waals surface area contributed by atoms with Gasteiger partial charge in [-0.1, -0.05) is 0 Å². The van der Waals surface area contributed by atoms with Gasteiger partial charge in [0.15, 0.2) is 0 Å². The van der Waals surface area contributed by atoms with Crippen LogP contribution in [0.5, 0.6) is 11.5 Å². The van der Waals surface area contributed by atoms with E-state index in [1.165, 1.54) is 16.4 Å². The van der Waals surface area contributed by atoms with Gasteiger partial charge in [0.1, 0.15) is 23.0 Å². The van der Waals surface area contributed by atoms with Crippen LogP contribution in [0.15, 0.2) is 24.3 Å². The molecule has 0 spiro atoms. The number of nitrogens with zero attached hydrogens (tertiary/aromatic N) is 2. The first-order valence-electron chi connectivity index (χ1n) is 9.90. The number of ether oxygens (including phenoxy) is 2. The first kappa shape index (κ1) is 23.6. The number of piperidine rings is 2. The lowest BCUT2D eigenvalue weighted by Crippen LogP contribution is -2.53. The maximum atomic E-state index is 13.1. The minimum Gasteiger partial charge on any atom is -0.490 e. The van der Waals surface area contributed by atoms with Crippen molar-refractivity contribution in [3.05, 3.63) is 24.3 Å². The van der Waals surface area contributed by atoms with Crippen molar-refractivity contribution < 1.29 is 41.0 Å². The fourth-order valence-electron chi connectivity index (χ4n) is 3.91. The summed E-state index contributed by atoms with van der Waals surface area (Å²) in [5.41, 5.74) is 0. The maximum absolute atomic E-state index is 13.1. The van der Waals surface area contributed by atoms with E-state index in [4.69, 9.17) is 4.74 Å². The van der Waals surface area contributed by atoms with E-state index < -0.39 is 33.6 Å². The molecule has 2 unspecified atom stereocenters. The summed E-state index contributed by atoms with van der Waals surface area (Å²) in [4.78, 5) is 13.0. The summed E-state index contributed by atoms with van der Waals surface area (Å²) in [6.45, 7) is 0.850. The van der Waals surface area contributed by atoms with Crippen LogP contribution in [0.25, 0.3) is 0 Å². The standard InChI is InChI=1S/C19H25F3N2O6S/c1-23-9-6-13(18(25)26)12-17(23)31(27,28)24-10-7-15(8-11-24)29-14-2-4-16(5-3-14)30-19(20,21)22/h2-5,13,15,17H,6-12H2,1H3,(H,25,26).